The number of fused-ring (bicyclic) bond motifs is 3. The molecule has 5 aromatic carbocycles. The van der Waals surface area contributed by atoms with E-state index in [0.29, 0.717) is 51.7 Å². The third-order valence-electron chi connectivity index (χ3n) is 12.3. The van der Waals surface area contributed by atoms with Gasteiger partial charge in [-0.15, -0.1) is 0 Å². The van der Waals surface area contributed by atoms with E-state index in [0.717, 1.165) is 56.6 Å². The van der Waals surface area contributed by atoms with Crippen molar-refractivity contribution >= 4 is 57.2 Å². The number of benzene rings is 5. The Hall–Kier alpha value is -6.37. The Morgan fingerprint density at radius 1 is 0.635 bits per heavy atom. The van der Waals surface area contributed by atoms with Gasteiger partial charge in [0.05, 0.1) is 0 Å². The highest BCUT2D eigenvalue weighted by Crippen LogP contribution is 2.23. The molecule has 63 heavy (non-hydrogen) atoms. The number of carbonyl (C=O) groups is 5. The van der Waals surface area contributed by atoms with Crippen molar-refractivity contribution in [1.29, 1.82) is 0 Å². The van der Waals surface area contributed by atoms with Crippen LogP contribution >= 0.6 is 0 Å². The molecule has 1 saturated heterocycles. The van der Waals surface area contributed by atoms with Gasteiger partial charge in [-0.1, -0.05) is 115 Å². The number of nitrogens with two attached hydrogens (primary N) is 2. The lowest BCUT2D eigenvalue weighted by Crippen LogP contribution is -2.59. The molecule has 5 amide bonds. The molecule has 0 aromatic heterocycles. The summed E-state index contributed by atoms with van der Waals surface area (Å²) in [6.07, 6.45) is 9.24. The number of hydrogen-bond acceptors (Lipinski definition) is 7. The number of hydrogen-bond donors (Lipinski definition) is 7. The third kappa shape index (κ3) is 12.0. The van der Waals surface area contributed by atoms with Crippen molar-refractivity contribution in [2.24, 2.45) is 17.4 Å². The molecule has 2 aliphatic rings. The van der Waals surface area contributed by atoms with Gasteiger partial charge < -0.3 is 38.1 Å². The Morgan fingerprint density at radius 3 is 1.98 bits per heavy atom. The Labute approximate surface area is 369 Å². The van der Waals surface area contributed by atoms with Gasteiger partial charge in [0.15, 0.2) is 0 Å². The second kappa shape index (κ2) is 21.6. The molecular weight excluding hydrogens is 791 g/mol. The van der Waals surface area contributed by atoms with Crippen molar-refractivity contribution in [1.82, 2.24) is 26.6 Å². The van der Waals surface area contributed by atoms with E-state index in [1.54, 1.807) is 0 Å². The summed E-state index contributed by atoms with van der Waals surface area (Å²) < 4.78 is 0. The van der Waals surface area contributed by atoms with Crippen LogP contribution < -0.4 is 38.1 Å². The van der Waals surface area contributed by atoms with Crippen molar-refractivity contribution in [3.8, 4) is 0 Å². The molecule has 1 aliphatic heterocycles. The van der Waals surface area contributed by atoms with Gasteiger partial charge >= 0.3 is 0 Å². The number of allylic oxidation sites excluding steroid dienone is 1. The summed E-state index contributed by atoms with van der Waals surface area (Å²) in [5, 5.41) is 19.1. The summed E-state index contributed by atoms with van der Waals surface area (Å²) in [6, 6.07) is 29.2. The van der Waals surface area contributed by atoms with Crippen LogP contribution in [-0.4, -0.2) is 73.3 Å². The monoisotopic (exact) mass is 849 g/mol. The fraction of sp³-hybridized carbons (Fsp3) is 0.353. The average molecular weight is 850 g/mol. The van der Waals surface area contributed by atoms with E-state index < -0.39 is 47.8 Å². The first kappa shape index (κ1) is 44.7. The van der Waals surface area contributed by atoms with Crippen LogP contribution in [0.3, 0.4) is 0 Å². The van der Waals surface area contributed by atoms with Gasteiger partial charge in [-0.3, -0.25) is 24.0 Å². The Kier molecular flexibility index (Phi) is 15.3. The van der Waals surface area contributed by atoms with Crippen molar-refractivity contribution in [2.75, 3.05) is 19.6 Å². The molecule has 12 nitrogen and oxygen atoms in total. The molecule has 1 aliphatic carbocycles. The van der Waals surface area contributed by atoms with Crippen LogP contribution in [0.4, 0.5) is 0 Å². The van der Waals surface area contributed by atoms with Crippen LogP contribution in [0.1, 0.15) is 66.3 Å². The van der Waals surface area contributed by atoms with Crippen LogP contribution in [0.25, 0.3) is 27.6 Å². The van der Waals surface area contributed by atoms with Crippen molar-refractivity contribution < 1.29 is 24.0 Å². The molecule has 1 heterocycles. The SMILES string of the molecule is NCCCCC(NC(=O)C(Cc1cccc2ccccc12)NC(=O)C(Cc1ccc2c(c1)C=CCC2)NC(=O)C(Cc1ccc2ccccc2c1)NC(=O)C1CCNCC1)C(N)=O. The number of amides is 5. The van der Waals surface area contributed by atoms with Crippen LogP contribution in [0.2, 0.25) is 0 Å². The summed E-state index contributed by atoms with van der Waals surface area (Å²) in [7, 11) is 0. The predicted molar refractivity (Wildman–Crippen MR) is 248 cm³/mol. The molecule has 0 saturated carbocycles. The van der Waals surface area contributed by atoms with E-state index >= 15 is 0 Å². The van der Waals surface area contributed by atoms with E-state index in [1.165, 1.54) is 5.56 Å². The number of unbranched alkanes of at least 4 members (excludes halogenated alkanes) is 1. The lowest BCUT2D eigenvalue weighted by Gasteiger charge is -2.28. The number of nitrogens with one attached hydrogen (secondary N) is 5. The molecule has 5 aromatic rings. The van der Waals surface area contributed by atoms with Gasteiger partial charge in [0, 0.05) is 25.2 Å². The summed E-state index contributed by atoms with van der Waals surface area (Å²) >= 11 is 0. The van der Waals surface area contributed by atoms with Gasteiger partial charge in [-0.25, -0.2) is 0 Å². The van der Waals surface area contributed by atoms with Gasteiger partial charge in [-0.05, 0) is 114 Å². The summed E-state index contributed by atoms with van der Waals surface area (Å²) in [5.74, 6) is -2.85. The quantitative estimate of drug-likeness (QED) is 0.0593. The number of primary amides is 1. The van der Waals surface area contributed by atoms with Crippen molar-refractivity contribution in [3.63, 3.8) is 0 Å². The van der Waals surface area contributed by atoms with Gasteiger partial charge in [0.1, 0.15) is 24.2 Å². The van der Waals surface area contributed by atoms with Crippen molar-refractivity contribution in [3.05, 3.63) is 137 Å². The zero-order valence-electron chi connectivity index (χ0n) is 35.7. The molecule has 328 valence electrons. The first-order chi connectivity index (χ1) is 30.6. The highest BCUT2D eigenvalue weighted by atomic mass is 16.2. The fourth-order valence-electron chi connectivity index (χ4n) is 8.73. The molecule has 1 fully saturated rings. The number of piperidine rings is 1. The maximum absolute atomic E-state index is 14.8. The lowest BCUT2D eigenvalue weighted by molar-refractivity contribution is -0.135. The predicted octanol–water partition coefficient (Wildman–Crippen LogP) is 4.53. The lowest BCUT2D eigenvalue weighted by atomic mass is 9.93. The Balaban J connectivity index is 1.20. The highest BCUT2D eigenvalue weighted by molar-refractivity contribution is 5.96. The molecule has 4 atom stereocenters. The molecule has 4 unspecified atom stereocenters. The number of aryl methyl sites for hydroxylation is 1. The third-order valence-corrected chi connectivity index (χ3v) is 12.3. The van der Waals surface area contributed by atoms with E-state index in [9.17, 15) is 24.0 Å². The smallest absolute Gasteiger partial charge is 0.243 e. The molecule has 12 heteroatoms. The number of rotatable bonds is 19. The van der Waals surface area contributed by atoms with Crippen LogP contribution in [-0.2, 0) is 49.7 Å². The van der Waals surface area contributed by atoms with Crippen molar-refractivity contribution in [2.45, 2.75) is 88.4 Å². The topological polar surface area (TPSA) is 198 Å². The average Bonchev–Trinajstić information content (AvgIpc) is 3.30. The van der Waals surface area contributed by atoms with Crippen LogP contribution in [0.5, 0.6) is 0 Å². The minimum Gasteiger partial charge on any atom is -0.368 e. The maximum Gasteiger partial charge on any atom is 0.243 e. The largest absolute Gasteiger partial charge is 0.368 e. The van der Waals surface area contributed by atoms with Gasteiger partial charge in [0.25, 0.3) is 0 Å². The zero-order valence-corrected chi connectivity index (χ0v) is 35.7. The summed E-state index contributed by atoms with van der Waals surface area (Å²) in [4.78, 5) is 70.2. The van der Waals surface area contributed by atoms with E-state index in [2.05, 4.69) is 44.8 Å². The zero-order chi connectivity index (χ0) is 44.1. The molecule has 9 N–H and O–H groups in total. The van der Waals surface area contributed by atoms with E-state index in [1.807, 2.05) is 97.1 Å². The Bertz CT molecular complexity index is 2460. The first-order valence-corrected chi connectivity index (χ1v) is 22.3. The van der Waals surface area contributed by atoms with Gasteiger partial charge in [-0.2, -0.15) is 0 Å². The highest BCUT2D eigenvalue weighted by Gasteiger charge is 2.33. The molecule has 0 spiro atoms. The van der Waals surface area contributed by atoms with Crippen LogP contribution in [0, 0.1) is 5.92 Å². The second-order valence-corrected chi connectivity index (χ2v) is 16.9. The molecule has 0 radical (unpaired) electrons. The van der Waals surface area contributed by atoms with Crippen LogP contribution in [0.15, 0.2) is 109 Å². The normalized spacial score (nSPS) is 15.7. The second-order valence-electron chi connectivity index (χ2n) is 16.9. The minimum absolute atomic E-state index is 0.0917. The van der Waals surface area contributed by atoms with Gasteiger partial charge in [0.2, 0.25) is 29.5 Å². The minimum atomic E-state index is -1.16. The Morgan fingerprint density at radius 2 is 1.25 bits per heavy atom. The first-order valence-electron chi connectivity index (χ1n) is 22.3. The molecular formula is C51H59N7O5. The maximum atomic E-state index is 14.8. The van der Waals surface area contributed by atoms with E-state index in [-0.39, 0.29) is 31.1 Å². The summed E-state index contributed by atoms with van der Waals surface area (Å²) in [6.45, 7) is 1.84. The standard InChI is InChI=1S/C51H59N7O5/c52-25-8-7-18-43(47(53)59)55-51(63)46(32-41-16-9-15-37-12-5-6-17-42(37)41)58-50(62)45(31-34-20-22-36-11-2-4-14-40(36)29-34)57-49(61)44(56-48(60)38-23-26-54-27-24-38)30-33-19-21-35-10-1-3-13-39(35)28-33/h1,3-6,9-10,12-17,19-22,28-29,38,43-46,54H,2,7-8,11,18,23-27,30-32,52H2,(H2,53,59)(H,55,63)(H,56,60)(H,57,61)(H,58,62). The fourth-order valence-corrected chi connectivity index (χ4v) is 8.73. The molecule has 7 rings (SSSR count). The summed E-state index contributed by atoms with van der Waals surface area (Å²) in [5.41, 5.74) is 16.2. The van der Waals surface area contributed by atoms with E-state index in [4.69, 9.17) is 11.5 Å². The number of carbonyl (C=O) groups excluding carboxylic acids is 5. The molecule has 0 bridgehead atoms.